The number of halogens is 1. The van der Waals surface area contributed by atoms with Crippen LogP contribution in [0.4, 0.5) is 4.79 Å². The molecule has 3 heterocycles. The SMILES string of the molecule is CC1CC(CN)CN1C(=O)C1CCCN(C(=O)N2CCCC2)C1.Cl. The topological polar surface area (TPSA) is 69.9 Å². The standard InChI is InChI=1S/C17H30N4O2.ClH/c1-13-9-14(10-18)11-21(13)16(22)15-5-4-8-20(12-15)17(23)19-6-2-3-7-19;/h13-15H,2-12,18H2,1H3;1H. The summed E-state index contributed by atoms with van der Waals surface area (Å²) in [5.74, 6) is 0.626. The summed E-state index contributed by atoms with van der Waals surface area (Å²) < 4.78 is 0. The molecule has 0 bridgehead atoms. The minimum Gasteiger partial charge on any atom is -0.339 e. The van der Waals surface area contributed by atoms with Gasteiger partial charge in [-0.3, -0.25) is 4.79 Å². The fraction of sp³-hybridized carbons (Fsp3) is 0.882. The maximum atomic E-state index is 12.9. The molecule has 6 nitrogen and oxygen atoms in total. The predicted molar refractivity (Wildman–Crippen MR) is 96.1 cm³/mol. The Bertz CT molecular complexity index is 456. The number of carbonyl (C=O) groups is 2. The number of piperidine rings is 1. The average Bonchev–Trinajstić information content (AvgIpc) is 3.23. The van der Waals surface area contributed by atoms with Gasteiger partial charge in [-0.15, -0.1) is 12.4 Å². The highest BCUT2D eigenvalue weighted by atomic mass is 35.5. The first-order valence-electron chi connectivity index (χ1n) is 9.14. The first kappa shape index (κ1) is 19.3. The summed E-state index contributed by atoms with van der Waals surface area (Å²) in [6, 6.07) is 0.412. The van der Waals surface area contributed by atoms with Gasteiger partial charge in [0.05, 0.1) is 5.92 Å². The van der Waals surface area contributed by atoms with Crippen LogP contribution in [0.25, 0.3) is 0 Å². The summed E-state index contributed by atoms with van der Waals surface area (Å²) in [6.07, 6.45) is 5.05. The fourth-order valence-corrected chi connectivity index (χ4v) is 4.32. The van der Waals surface area contributed by atoms with Crippen molar-refractivity contribution in [2.24, 2.45) is 17.6 Å². The quantitative estimate of drug-likeness (QED) is 0.813. The Morgan fingerprint density at radius 2 is 1.71 bits per heavy atom. The van der Waals surface area contributed by atoms with E-state index in [1.54, 1.807) is 0 Å². The van der Waals surface area contributed by atoms with E-state index in [0.717, 1.165) is 58.3 Å². The van der Waals surface area contributed by atoms with Crippen LogP contribution in [-0.2, 0) is 4.79 Å². The Labute approximate surface area is 151 Å². The molecule has 3 atom stereocenters. The Morgan fingerprint density at radius 3 is 2.33 bits per heavy atom. The maximum Gasteiger partial charge on any atom is 0.320 e. The lowest BCUT2D eigenvalue weighted by molar-refractivity contribution is -0.137. The molecule has 3 amide bonds. The first-order chi connectivity index (χ1) is 11.1. The number of amides is 3. The van der Waals surface area contributed by atoms with Gasteiger partial charge in [0.25, 0.3) is 0 Å². The van der Waals surface area contributed by atoms with Crippen LogP contribution in [0.15, 0.2) is 0 Å². The van der Waals surface area contributed by atoms with Crippen molar-refractivity contribution in [2.45, 2.75) is 45.1 Å². The molecule has 0 spiro atoms. The van der Waals surface area contributed by atoms with Gasteiger partial charge in [-0.1, -0.05) is 0 Å². The number of likely N-dealkylation sites (tertiary alicyclic amines) is 3. The summed E-state index contributed by atoms with van der Waals surface area (Å²) in [7, 11) is 0. The molecular formula is C17H31ClN4O2. The van der Waals surface area contributed by atoms with Crippen LogP contribution >= 0.6 is 12.4 Å². The second kappa shape index (κ2) is 8.39. The molecule has 0 aromatic rings. The molecule has 0 radical (unpaired) electrons. The lowest BCUT2D eigenvalue weighted by Crippen LogP contribution is -2.50. The van der Waals surface area contributed by atoms with E-state index in [4.69, 9.17) is 5.73 Å². The molecule has 0 aromatic carbocycles. The Balaban J connectivity index is 0.00000208. The van der Waals surface area contributed by atoms with Crippen LogP contribution in [0.3, 0.4) is 0 Å². The molecule has 2 N–H and O–H groups in total. The largest absolute Gasteiger partial charge is 0.339 e. The van der Waals surface area contributed by atoms with Gasteiger partial charge >= 0.3 is 6.03 Å². The zero-order valence-corrected chi connectivity index (χ0v) is 15.5. The third-order valence-corrected chi connectivity index (χ3v) is 5.70. The highest BCUT2D eigenvalue weighted by Crippen LogP contribution is 2.27. The van der Waals surface area contributed by atoms with E-state index < -0.39 is 0 Å². The lowest BCUT2D eigenvalue weighted by Gasteiger charge is -2.36. The van der Waals surface area contributed by atoms with Crippen LogP contribution < -0.4 is 5.73 Å². The molecule has 3 fully saturated rings. The summed E-state index contributed by atoms with van der Waals surface area (Å²) >= 11 is 0. The molecule has 3 saturated heterocycles. The van der Waals surface area contributed by atoms with Gasteiger partial charge in [-0.25, -0.2) is 4.79 Å². The number of hydrogen-bond acceptors (Lipinski definition) is 3. The third kappa shape index (κ3) is 3.97. The lowest BCUT2D eigenvalue weighted by atomic mass is 9.96. The van der Waals surface area contributed by atoms with Crippen LogP contribution in [0.5, 0.6) is 0 Å². The molecule has 0 aliphatic carbocycles. The van der Waals surface area contributed by atoms with Crippen LogP contribution in [0, 0.1) is 11.8 Å². The molecule has 3 aliphatic heterocycles. The van der Waals surface area contributed by atoms with E-state index in [-0.39, 0.29) is 36.3 Å². The zero-order chi connectivity index (χ0) is 16.4. The Hall–Kier alpha value is -1.01. The molecule has 0 aromatic heterocycles. The van der Waals surface area contributed by atoms with Crippen LogP contribution in [0.1, 0.15) is 39.0 Å². The van der Waals surface area contributed by atoms with E-state index in [0.29, 0.717) is 19.0 Å². The fourth-order valence-electron chi connectivity index (χ4n) is 4.32. The average molecular weight is 359 g/mol. The first-order valence-corrected chi connectivity index (χ1v) is 9.14. The number of hydrogen-bond donors (Lipinski definition) is 1. The smallest absolute Gasteiger partial charge is 0.320 e. The summed E-state index contributed by atoms with van der Waals surface area (Å²) in [5.41, 5.74) is 5.77. The van der Waals surface area contributed by atoms with Crippen molar-refractivity contribution in [3.63, 3.8) is 0 Å². The van der Waals surface area contributed by atoms with E-state index >= 15 is 0 Å². The minimum atomic E-state index is -0.0331. The van der Waals surface area contributed by atoms with Crippen molar-refractivity contribution in [3.8, 4) is 0 Å². The van der Waals surface area contributed by atoms with Gasteiger partial charge in [-0.05, 0) is 51.5 Å². The minimum absolute atomic E-state index is 0. The number of carbonyl (C=O) groups excluding carboxylic acids is 2. The number of nitrogens with two attached hydrogens (primary N) is 1. The van der Waals surface area contributed by atoms with Crippen molar-refractivity contribution in [2.75, 3.05) is 39.3 Å². The summed E-state index contributed by atoms with van der Waals surface area (Å²) in [5, 5.41) is 0. The maximum absolute atomic E-state index is 12.9. The Morgan fingerprint density at radius 1 is 1.04 bits per heavy atom. The zero-order valence-electron chi connectivity index (χ0n) is 14.7. The summed E-state index contributed by atoms with van der Waals surface area (Å²) in [6.45, 7) is 6.67. The molecule has 24 heavy (non-hydrogen) atoms. The molecule has 138 valence electrons. The second-order valence-corrected chi connectivity index (χ2v) is 7.44. The number of urea groups is 1. The van der Waals surface area contributed by atoms with Crippen molar-refractivity contribution in [1.82, 2.24) is 14.7 Å². The molecule has 3 aliphatic rings. The van der Waals surface area contributed by atoms with E-state index in [1.807, 2.05) is 14.7 Å². The van der Waals surface area contributed by atoms with E-state index in [2.05, 4.69) is 6.92 Å². The molecule has 3 rings (SSSR count). The second-order valence-electron chi connectivity index (χ2n) is 7.44. The highest BCUT2D eigenvalue weighted by molar-refractivity contribution is 5.85. The van der Waals surface area contributed by atoms with Gasteiger partial charge in [0.2, 0.25) is 5.91 Å². The summed E-state index contributed by atoms with van der Waals surface area (Å²) in [4.78, 5) is 31.3. The number of nitrogens with zero attached hydrogens (tertiary/aromatic N) is 3. The monoisotopic (exact) mass is 358 g/mol. The van der Waals surface area contributed by atoms with Crippen LogP contribution in [-0.4, -0.2) is 71.9 Å². The molecule has 0 saturated carbocycles. The van der Waals surface area contributed by atoms with Gasteiger partial charge in [0.15, 0.2) is 0 Å². The predicted octanol–water partition coefficient (Wildman–Crippen LogP) is 1.53. The number of rotatable bonds is 2. The van der Waals surface area contributed by atoms with E-state index in [9.17, 15) is 9.59 Å². The van der Waals surface area contributed by atoms with Crippen molar-refractivity contribution in [1.29, 1.82) is 0 Å². The van der Waals surface area contributed by atoms with Crippen molar-refractivity contribution >= 4 is 24.3 Å². The molecule has 7 heteroatoms. The van der Waals surface area contributed by atoms with Crippen molar-refractivity contribution < 1.29 is 9.59 Å². The third-order valence-electron chi connectivity index (χ3n) is 5.70. The molecule has 3 unspecified atom stereocenters. The van der Waals surface area contributed by atoms with Crippen molar-refractivity contribution in [3.05, 3.63) is 0 Å². The highest BCUT2D eigenvalue weighted by Gasteiger charge is 2.38. The normalized spacial score (nSPS) is 30.4. The van der Waals surface area contributed by atoms with Gasteiger partial charge < -0.3 is 20.4 Å². The van der Waals surface area contributed by atoms with Gasteiger partial charge in [0, 0.05) is 38.8 Å². The van der Waals surface area contributed by atoms with Gasteiger partial charge in [0.1, 0.15) is 0 Å². The van der Waals surface area contributed by atoms with E-state index in [1.165, 1.54) is 0 Å². The van der Waals surface area contributed by atoms with Crippen LogP contribution in [0.2, 0.25) is 0 Å². The van der Waals surface area contributed by atoms with Gasteiger partial charge in [-0.2, -0.15) is 0 Å². The Kier molecular flexibility index (Phi) is 6.75. The molecular weight excluding hydrogens is 328 g/mol.